The highest BCUT2D eigenvalue weighted by Gasteiger charge is 2.46. The SMILES string of the molecule is CNc1ccc(COC2=C(OCc3ccc(NC)cc3)C(C(CO)OP(=O)(OCc3ccc(NC)cc3)OCc3ccc(NC)cc3)OC2=O)cc1. The topological polar surface area (TPSA) is 158 Å². The van der Waals surface area contributed by atoms with Gasteiger partial charge >= 0.3 is 13.8 Å². The zero-order valence-corrected chi connectivity index (χ0v) is 30.5. The maximum atomic E-state index is 14.4. The molecule has 2 unspecified atom stereocenters. The predicted octanol–water partition coefficient (Wildman–Crippen LogP) is 6.64. The Morgan fingerprint density at radius 1 is 0.615 bits per heavy atom. The van der Waals surface area contributed by atoms with Crippen LogP contribution in [-0.4, -0.2) is 58.1 Å². The molecule has 0 spiro atoms. The second-order valence-electron chi connectivity index (χ2n) is 11.7. The Labute approximate surface area is 303 Å². The van der Waals surface area contributed by atoms with Gasteiger partial charge in [0.2, 0.25) is 5.76 Å². The Kier molecular flexibility index (Phi) is 13.6. The summed E-state index contributed by atoms with van der Waals surface area (Å²) in [5.74, 6) is -1.04. The van der Waals surface area contributed by atoms with Gasteiger partial charge in [0.15, 0.2) is 11.9 Å². The van der Waals surface area contributed by atoms with Gasteiger partial charge in [-0.1, -0.05) is 48.5 Å². The minimum atomic E-state index is -4.45. The fourth-order valence-electron chi connectivity index (χ4n) is 5.12. The second kappa shape index (κ2) is 18.5. The van der Waals surface area contributed by atoms with Gasteiger partial charge in [0.25, 0.3) is 0 Å². The van der Waals surface area contributed by atoms with Crippen molar-refractivity contribution in [3.8, 4) is 0 Å². The molecule has 5 rings (SSSR count). The van der Waals surface area contributed by atoms with E-state index in [1.54, 1.807) is 14.1 Å². The Morgan fingerprint density at radius 2 is 0.981 bits per heavy atom. The lowest BCUT2D eigenvalue weighted by molar-refractivity contribution is -0.148. The molecule has 4 aromatic carbocycles. The van der Waals surface area contributed by atoms with Gasteiger partial charge in [0.05, 0.1) is 19.8 Å². The van der Waals surface area contributed by atoms with Gasteiger partial charge in [-0.2, -0.15) is 0 Å². The molecule has 0 fully saturated rings. The van der Waals surface area contributed by atoms with Crippen LogP contribution in [0.25, 0.3) is 0 Å². The Bertz CT molecular complexity index is 1760. The Balaban J connectivity index is 1.40. The second-order valence-corrected chi connectivity index (χ2v) is 13.3. The summed E-state index contributed by atoms with van der Waals surface area (Å²) in [4.78, 5) is 13.3. The summed E-state index contributed by atoms with van der Waals surface area (Å²) in [7, 11) is 2.79. The van der Waals surface area contributed by atoms with E-state index in [2.05, 4.69) is 21.3 Å². The third-order valence-corrected chi connectivity index (χ3v) is 9.63. The summed E-state index contributed by atoms with van der Waals surface area (Å²) >= 11 is 0. The van der Waals surface area contributed by atoms with Crippen LogP contribution in [-0.2, 0) is 63.6 Å². The molecule has 0 radical (unpaired) electrons. The maximum absolute atomic E-state index is 14.4. The summed E-state index contributed by atoms with van der Waals surface area (Å²) in [5, 5.41) is 22.9. The van der Waals surface area contributed by atoms with E-state index < -0.39 is 32.6 Å². The molecular weight excluding hydrogens is 687 g/mol. The third kappa shape index (κ3) is 10.3. The smallest absolute Gasteiger partial charge is 0.475 e. The number of aliphatic hydroxyl groups excluding tert-OH is 1. The maximum Gasteiger partial charge on any atom is 0.475 e. The largest absolute Gasteiger partial charge is 0.485 e. The number of esters is 1. The van der Waals surface area contributed by atoms with Crippen molar-refractivity contribution in [2.45, 2.75) is 38.6 Å². The van der Waals surface area contributed by atoms with E-state index in [1.165, 1.54) is 0 Å². The molecule has 0 amide bonds. The molecular formula is C38H45N4O9P. The molecule has 5 N–H and O–H groups in total. The summed E-state index contributed by atoms with van der Waals surface area (Å²) in [6, 6.07) is 29.6. The summed E-state index contributed by atoms with van der Waals surface area (Å²) in [5.41, 5.74) is 6.58. The molecule has 0 saturated carbocycles. The first-order chi connectivity index (χ1) is 25.3. The molecule has 2 atom stereocenters. The number of aliphatic hydroxyl groups is 1. The molecule has 14 heteroatoms. The van der Waals surface area contributed by atoms with E-state index in [4.69, 9.17) is 27.8 Å². The lowest BCUT2D eigenvalue weighted by Gasteiger charge is -2.27. The number of anilines is 4. The lowest BCUT2D eigenvalue weighted by atomic mass is 10.1. The van der Waals surface area contributed by atoms with Crippen LogP contribution in [0.2, 0.25) is 0 Å². The number of cyclic esters (lactones) is 1. The van der Waals surface area contributed by atoms with Crippen molar-refractivity contribution in [1.82, 2.24) is 0 Å². The summed E-state index contributed by atoms with van der Waals surface area (Å²) in [6.45, 7) is -0.940. The van der Waals surface area contributed by atoms with Crippen molar-refractivity contribution in [2.75, 3.05) is 56.1 Å². The number of nitrogens with one attached hydrogen (secondary N) is 4. The van der Waals surface area contributed by atoms with Crippen LogP contribution >= 0.6 is 7.82 Å². The minimum Gasteiger partial charge on any atom is -0.485 e. The van der Waals surface area contributed by atoms with Gasteiger partial charge in [-0.05, 0) is 70.8 Å². The zero-order chi connectivity index (χ0) is 36.9. The van der Waals surface area contributed by atoms with Crippen molar-refractivity contribution < 1.29 is 42.2 Å². The fraction of sp³-hybridized carbons (Fsp3) is 0.289. The Morgan fingerprint density at radius 3 is 1.35 bits per heavy atom. The van der Waals surface area contributed by atoms with E-state index in [9.17, 15) is 14.5 Å². The first-order valence-corrected chi connectivity index (χ1v) is 18.2. The van der Waals surface area contributed by atoms with Gasteiger partial charge in [0.1, 0.15) is 19.3 Å². The highest BCUT2D eigenvalue weighted by atomic mass is 31.2. The van der Waals surface area contributed by atoms with Crippen molar-refractivity contribution in [1.29, 1.82) is 0 Å². The molecule has 0 saturated heterocycles. The first-order valence-electron chi connectivity index (χ1n) is 16.7. The molecule has 276 valence electrons. The molecule has 1 aliphatic heterocycles. The van der Waals surface area contributed by atoms with Gasteiger partial charge in [-0.25, -0.2) is 9.36 Å². The van der Waals surface area contributed by atoms with Crippen LogP contribution in [0.5, 0.6) is 0 Å². The number of benzene rings is 4. The number of phosphoric acid groups is 1. The summed E-state index contributed by atoms with van der Waals surface area (Å²) in [6.07, 6.45) is -2.77. The van der Waals surface area contributed by atoms with Crippen LogP contribution in [0.4, 0.5) is 22.7 Å². The van der Waals surface area contributed by atoms with E-state index in [0.717, 1.165) is 33.9 Å². The van der Waals surface area contributed by atoms with Crippen molar-refractivity contribution in [3.05, 3.63) is 131 Å². The molecule has 1 aliphatic rings. The van der Waals surface area contributed by atoms with Crippen molar-refractivity contribution in [2.24, 2.45) is 0 Å². The van der Waals surface area contributed by atoms with Crippen LogP contribution in [0.3, 0.4) is 0 Å². The fourth-order valence-corrected chi connectivity index (χ4v) is 6.44. The van der Waals surface area contributed by atoms with Gasteiger partial charge in [-0.15, -0.1) is 0 Å². The normalized spacial score (nSPS) is 14.8. The van der Waals surface area contributed by atoms with Gasteiger partial charge in [0, 0.05) is 50.9 Å². The predicted molar refractivity (Wildman–Crippen MR) is 200 cm³/mol. The van der Waals surface area contributed by atoms with Crippen LogP contribution in [0.1, 0.15) is 22.3 Å². The Hall–Kier alpha value is -5.04. The summed E-state index contributed by atoms with van der Waals surface area (Å²) < 4.78 is 49.9. The minimum absolute atomic E-state index is 0.0227. The highest BCUT2D eigenvalue weighted by molar-refractivity contribution is 7.48. The zero-order valence-electron chi connectivity index (χ0n) is 29.6. The molecule has 4 aromatic rings. The third-order valence-electron chi connectivity index (χ3n) is 8.21. The lowest BCUT2D eigenvalue weighted by Crippen LogP contribution is -2.35. The average Bonchev–Trinajstić information content (AvgIpc) is 3.51. The molecule has 0 bridgehead atoms. The molecule has 0 aliphatic carbocycles. The average molecular weight is 733 g/mol. The van der Waals surface area contributed by atoms with E-state index in [-0.39, 0.29) is 37.9 Å². The molecule has 1 heterocycles. The van der Waals surface area contributed by atoms with Gasteiger partial charge in [-0.3, -0.25) is 13.6 Å². The molecule has 13 nitrogen and oxygen atoms in total. The number of carbonyl (C=O) groups is 1. The number of carbonyl (C=O) groups excluding carboxylic acids is 1. The van der Waals surface area contributed by atoms with Gasteiger partial charge < -0.3 is 40.6 Å². The standard InChI is InChI=1S/C38H45N4O9P/c1-39-30-13-5-26(6-14-30)22-46-36-35(50-38(44)37(36)47-23-27-7-15-31(40-2)16-8-27)34(21-43)51-52(45,48-24-28-9-17-32(41-3)18-10-28)49-25-29-11-19-33(42-4)20-12-29/h5-20,34-35,39-43H,21-25H2,1-4H3. The molecule has 0 aromatic heterocycles. The van der Waals surface area contributed by atoms with Crippen LogP contribution in [0.15, 0.2) is 109 Å². The van der Waals surface area contributed by atoms with E-state index in [1.807, 2.05) is 111 Å². The van der Waals surface area contributed by atoms with E-state index in [0.29, 0.717) is 11.1 Å². The number of hydrogen-bond donors (Lipinski definition) is 5. The highest BCUT2D eigenvalue weighted by Crippen LogP contribution is 2.53. The number of hydrogen-bond acceptors (Lipinski definition) is 13. The number of rotatable bonds is 20. The van der Waals surface area contributed by atoms with Crippen LogP contribution < -0.4 is 21.3 Å². The molecule has 52 heavy (non-hydrogen) atoms. The quantitative estimate of drug-likeness (QED) is 0.0487. The number of ether oxygens (including phenoxy) is 3. The number of phosphoric ester groups is 1. The monoisotopic (exact) mass is 732 g/mol. The van der Waals surface area contributed by atoms with Crippen LogP contribution in [0, 0.1) is 0 Å². The van der Waals surface area contributed by atoms with Crippen molar-refractivity contribution in [3.63, 3.8) is 0 Å². The van der Waals surface area contributed by atoms with Crippen molar-refractivity contribution >= 4 is 36.5 Å². The van der Waals surface area contributed by atoms with E-state index >= 15 is 0 Å². The first kappa shape index (κ1) is 38.2.